The van der Waals surface area contributed by atoms with Crippen molar-refractivity contribution >= 4 is 18.2 Å². The van der Waals surface area contributed by atoms with E-state index in [9.17, 15) is 0 Å². The Labute approximate surface area is 188 Å². The number of hydrogen-bond acceptors (Lipinski definition) is 7. The van der Waals surface area contributed by atoms with E-state index in [1.165, 1.54) is 0 Å². The number of piperidine rings is 1. The van der Waals surface area contributed by atoms with Crippen LogP contribution < -0.4 is 4.90 Å². The van der Waals surface area contributed by atoms with E-state index in [1.54, 1.807) is 18.6 Å². The third-order valence-electron chi connectivity index (χ3n) is 5.96. The van der Waals surface area contributed by atoms with Crippen LogP contribution in [-0.4, -0.2) is 70.3 Å². The van der Waals surface area contributed by atoms with Crippen molar-refractivity contribution in [1.82, 2.24) is 24.8 Å². The summed E-state index contributed by atoms with van der Waals surface area (Å²) in [5.41, 5.74) is 2.87. The van der Waals surface area contributed by atoms with Gasteiger partial charge in [-0.05, 0) is 37.1 Å². The predicted molar refractivity (Wildman–Crippen MR) is 123 cm³/mol. The first-order chi connectivity index (χ1) is 14.9. The lowest BCUT2D eigenvalue weighted by Crippen LogP contribution is -2.49. The molecule has 5 heterocycles. The fourth-order valence-electron chi connectivity index (χ4n) is 4.29. The summed E-state index contributed by atoms with van der Waals surface area (Å²) in [4.78, 5) is 23.1. The first kappa shape index (κ1) is 21.6. The minimum absolute atomic E-state index is 0. The quantitative estimate of drug-likeness (QED) is 0.618. The highest BCUT2D eigenvalue weighted by Crippen LogP contribution is 2.28. The number of rotatable bonds is 4. The number of pyridine rings is 2. The molecule has 7 nitrogen and oxygen atoms in total. The van der Waals surface area contributed by atoms with Crippen molar-refractivity contribution in [2.45, 2.75) is 18.9 Å². The molecule has 2 saturated heterocycles. The lowest BCUT2D eigenvalue weighted by atomic mass is 10.0. The molecule has 0 atom stereocenters. The topological polar surface area (TPSA) is 67.3 Å². The third kappa shape index (κ3) is 5.01. The normalized spacial score (nSPS) is 17.9. The summed E-state index contributed by atoms with van der Waals surface area (Å²) in [6.45, 7) is 5.82. The van der Waals surface area contributed by atoms with E-state index >= 15 is 0 Å². The van der Waals surface area contributed by atoms with Gasteiger partial charge in [0.2, 0.25) is 0 Å². The molecule has 2 aliphatic heterocycles. The van der Waals surface area contributed by atoms with E-state index in [1.807, 2.05) is 30.5 Å². The van der Waals surface area contributed by atoms with Crippen LogP contribution in [0.2, 0.25) is 0 Å². The highest BCUT2D eigenvalue weighted by molar-refractivity contribution is 5.85. The fraction of sp³-hybridized carbons (Fsp3) is 0.391. The van der Waals surface area contributed by atoms with Gasteiger partial charge in [-0.25, -0.2) is 9.97 Å². The van der Waals surface area contributed by atoms with Crippen LogP contribution in [0.1, 0.15) is 12.8 Å². The number of nitrogens with zero attached hydrogens (tertiary/aromatic N) is 6. The SMILES string of the molecule is Cl.c1cncc(-c2cc(N3CCC(N4CCOCC4)CC3)nc(-c3ccncc3)n2)c1. The molecule has 5 rings (SSSR count). The van der Waals surface area contributed by atoms with Gasteiger partial charge < -0.3 is 9.64 Å². The van der Waals surface area contributed by atoms with Crippen LogP contribution in [0.15, 0.2) is 55.1 Å². The highest BCUT2D eigenvalue weighted by atomic mass is 35.5. The van der Waals surface area contributed by atoms with Gasteiger partial charge in [0.05, 0.1) is 18.9 Å². The summed E-state index contributed by atoms with van der Waals surface area (Å²) < 4.78 is 5.51. The molecule has 0 aliphatic carbocycles. The maximum Gasteiger partial charge on any atom is 0.162 e. The molecule has 3 aromatic rings. The molecule has 0 radical (unpaired) electrons. The van der Waals surface area contributed by atoms with Crippen LogP contribution in [0.4, 0.5) is 5.82 Å². The van der Waals surface area contributed by atoms with Crippen LogP contribution in [0.5, 0.6) is 0 Å². The van der Waals surface area contributed by atoms with Gasteiger partial charge in [-0.1, -0.05) is 0 Å². The van der Waals surface area contributed by atoms with Crippen molar-refractivity contribution in [2.75, 3.05) is 44.3 Å². The summed E-state index contributed by atoms with van der Waals surface area (Å²) in [6.07, 6.45) is 9.50. The van der Waals surface area contributed by atoms with Crippen molar-refractivity contribution in [3.8, 4) is 22.6 Å². The Bertz CT molecular complexity index is 903. The van der Waals surface area contributed by atoms with Crippen molar-refractivity contribution in [3.63, 3.8) is 0 Å². The van der Waals surface area contributed by atoms with Crippen LogP contribution in [0, 0.1) is 0 Å². The largest absolute Gasteiger partial charge is 0.379 e. The van der Waals surface area contributed by atoms with E-state index in [4.69, 9.17) is 14.7 Å². The fourth-order valence-corrected chi connectivity index (χ4v) is 4.29. The lowest BCUT2D eigenvalue weighted by Gasteiger charge is -2.40. The standard InChI is InChI=1S/C23H26N6O.ClH/c1-2-19(17-25-7-1)21-16-22(27-23(26-21)18-3-8-24-9-4-18)29-10-5-20(6-11-29)28-12-14-30-15-13-28;/h1-4,7-9,16-17,20H,5-6,10-15H2;1H. The smallest absolute Gasteiger partial charge is 0.162 e. The van der Waals surface area contributed by atoms with Crippen LogP contribution in [0.25, 0.3) is 22.6 Å². The van der Waals surface area contributed by atoms with Crippen molar-refractivity contribution in [1.29, 1.82) is 0 Å². The molecule has 162 valence electrons. The molecule has 0 N–H and O–H groups in total. The van der Waals surface area contributed by atoms with Gasteiger partial charge in [0.15, 0.2) is 5.82 Å². The van der Waals surface area contributed by atoms with Crippen molar-refractivity contribution in [2.24, 2.45) is 0 Å². The van der Waals surface area contributed by atoms with E-state index in [0.717, 1.165) is 80.7 Å². The van der Waals surface area contributed by atoms with Gasteiger partial charge in [-0.2, -0.15) is 0 Å². The van der Waals surface area contributed by atoms with Gasteiger partial charge in [-0.3, -0.25) is 14.9 Å². The molecular weight excluding hydrogens is 412 g/mol. The molecule has 0 aromatic carbocycles. The second-order valence-corrected chi connectivity index (χ2v) is 7.78. The zero-order valence-corrected chi connectivity index (χ0v) is 18.2. The lowest BCUT2D eigenvalue weighted by molar-refractivity contribution is 0.0115. The number of anilines is 1. The Morgan fingerprint density at radius 3 is 2.32 bits per heavy atom. The summed E-state index contributed by atoms with van der Waals surface area (Å²) in [7, 11) is 0. The number of hydrogen-bond donors (Lipinski definition) is 0. The first-order valence-corrected chi connectivity index (χ1v) is 10.6. The van der Waals surface area contributed by atoms with E-state index < -0.39 is 0 Å². The molecule has 0 amide bonds. The zero-order valence-electron chi connectivity index (χ0n) is 17.4. The van der Waals surface area contributed by atoms with Gasteiger partial charge in [0.25, 0.3) is 0 Å². The van der Waals surface area contributed by atoms with Gasteiger partial charge >= 0.3 is 0 Å². The van der Waals surface area contributed by atoms with Crippen molar-refractivity contribution in [3.05, 3.63) is 55.1 Å². The maximum absolute atomic E-state index is 5.51. The highest BCUT2D eigenvalue weighted by Gasteiger charge is 2.27. The van der Waals surface area contributed by atoms with Crippen LogP contribution in [0.3, 0.4) is 0 Å². The Morgan fingerprint density at radius 1 is 0.839 bits per heavy atom. The first-order valence-electron chi connectivity index (χ1n) is 10.6. The maximum atomic E-state index is 5.51. The number of morpholine rings is 1. The molecule has 3 aromatic heterocycles. The molecule has 0 saturated carbocycles. The monoisotopic (exact) mass is 438 g/mol. The molecule has 2 aliphatic rings. The molecular formula is C23H27ClN6O. The number of halogens is 1. The molecule has 31 heavy (non-hydrogen) atoms. The van der Waals surface area contributed by atoms with E-state index in [-0.39, 0.29) is 12.4 Å². The minimum atomic E-state index is 0. The Hall–Kier alpha value is -2.61. The van der Waals surface area contributed by atoms with Gasteiger partial charge in [-0.15, -0.1) is 12.4 Å². The molecule has 0 spiro atoms. The molecule has 8 heteroatoms. The summed E-state index contributed by atoms with van der Waals surface area (Å²) in [6, 6.07) is 10.6. The van der Waals surface area contributed by atoms with Crippen LogP contribution in [-0.2, 0) is 4.74 Å². The zero-order chi connectivity index (χ0) is 20.2. The Kier molecular flexibility index (Phi) is 7.06. The predicted octanol–water partition coefficient (Wildman–Crippen LogP) is 3.32. The van der Waals surface area contributed by atoms with E-state index in [2.05, 4.69) is 25.8 Å². The third-order valence-corrected chi connectivity index (χ3v) is 5.96. The van der Waals surface area contributed by atoms with E-state index in [0.29, 0.717) is 6.04 Å². The molecule has 0 unspecified atom stereocenters. The van der Waals surface area contributed by atoms with Gasteiger partial charge in [0, 0.05) is 74.2 Å². The molecule has 2 fully saturated rings. The number of aromatic nitrogens is 4. The minimum Gasteiger partial charge on any atom is -0.379 e. The summed E-state index contributed by atoms with van der Waals surface area (Å²) >= 11 is 0. The Morgan fingerprint density at radius 2 is 1.61 bits per heavy atom. The van der Waals surface area contributed by atoms with Crippen LogP contribution >= 0.6 is 12.4 Å². The van der Waals surface area contributed by atoms with Crippen molar-refractivity contribution < 1.29 is 4.74 Å². The number of ether oxygens (including phenoxy) is 1. The Balaban J connectivity index is 0.00000231. The van der Waals surface area contributed by atoms with Gasteiger partial charge in [0.1, 0.15) is 5.82 Å². The second-order valence-electron chi connectivity index (χ2n) is 7.78. The molecule has 0 bridgehead atoms. The average Bonchev–Trinajstić information content (AvgIpc) is 2.85. The summed E-state index contributed by atoms with van der Waals surface area (Å²) in [5, 5.41) is 0. The summed E-state index contributed by atoms with van der Waals surface area (Å²) in [5.74, 6) is 1.71. The second kappa shape index (κ2) is 10.1. The average molecular weight is 439 g/mol.